The number of rotatable bonds is 5. The van der Waals surface area contributed by atoms with Crippen molar-refractivity contribution in [3.8, 4) is 5.75 Å². The SMILES string of the molecule is Cc1ccc(N2NC(=O)/C(=C/c3ccc(OCc4ccccc4)cc3)C2=O)cc1. The summed E-state index contributed by atoms with van der Waals surface area (Å²) in [5.74, 6) is -0.0669. The Morgan fingerprint density at radius 2 is 1.59 bits per heavy atom. The minimum atomic E-state index is -0.417. The number of carbonyl (C=O) groups excluding carboxylic acids is 2. The topological polar surface area (TPSA) is 58.6 Å². The molecular formula is C24H20N2O3. The second kappa shape index (κ2) is 8.02. The summed E-state index contributed by atoms with van der Waals surface area (Å²) < 4.78 is 5.77. The van der Waals surface area contributed by atoms with E-state index < -0.39 is 5.91 Å². The number of aryl methyl sites for hydroxylation is 1. The summed E-state index contributed by atoms with van der Waals surface area (Å²) in [6.45, 7) is 2.44. The quantitative estimate of drug-likeness (QED) is 0.534. The Labute approximate surface area is 169 Å². The average Bonchev–Trinajstić information content (AvgIpc) is 3.03. The first-order valence-electron chi connectivity index (χ1n) is 9.31. The van der Waals surface area contributed by atoms with Gasteiger partial charge in [0.1, 0.15) is 17.9 Å². The molecule has 0 aromatic heterocycles. The number of anilines is 1. The number of carbonyl (C=O) groups is 2. The van der Waals surface area contributed by atoms with Gasteiger partial charge in [-0.1, -0.05) is 60.2 Å². The zero-order chi connectivity index (χ0) is 20.2. The van der Waals surface area contributed by atoms with Crippen LogP contribution < -0.4 is 15.2 Å². The molecule has 144 valence electrons. The van der Waals surface area contributed by atoms with Gasteiger partial charge in [0.05, 0.1) is 5.69 Å². The first-order chi connectivity index (χ1) is 14.1. The van der Waals surface area contributed by atoms with E-state index in [1.165, 1.54) is 5.01 Å². The standard InChI is InChI=1S/C24H20N2O3/c1-17-7-11-20(12-8-17)26-24(28)22(23(27)25-26)15-18-9-13-21(14-10-18)29-16-19-5-3-2-4-6-19/h2-15H,16H2,1H3,(H,25,27)/b22-15-. The monoisotopic (exact) mass is 384 g/mol. The van der Waals surface area contributed by atoms with Crippen molar-refractivity contribution in [2.24, 2.45) is 0 Å². The molecule has 0 aliphatic carbocycles. The normalized spacial score (nSPS) is 14.9. The second-order valence-corrected chi connectivity index (χ2v) is 6.82. The zero-order valence-electron chi connectivity index (χ0n) is 16.0. The molecular weight excluding hydrogens is 364 g/mol. The highest BCUT2D eigenvalue weighted by Gasteiger charge is 2.34. The summed E-state index contributed by atoms with van der Waals surface area (Å²) in [5, 5.41) is 1.27. The maximum atomic E-state index is 12.7. The number of hydrazine groups is 1. The molecule has 2 amide bonds. The Bertz CT molecular complexity index is 1060. The molecule has 1 saturated heterocycles. The number of amides is 2. The van der Waals surface area contributed by atoms with Gasteiger partial charge >= 0.3 is 0 Å². The molecule has 5 nitrogen and oxygen atoms in total. The van der Waals surface area contributed by atoms with Gasteiger partial charge in [-0.2, -0.15) is 0 Å². The summed E-state index contributed by atoms with van der Waals surface area (Å²) in [4.78, 5) is 25.0. The van der Waals surface area contributed by atoms with Crippen molar-refractivity contribution >= 4 is 23.6 Å². The first-order valence-corrected chi connectivity index (χ1v) is 9.31. The Kier molecular flexibility index (Phi) is 5.12. The van der Waals surface area contributed by atoms with E-state index >= 15 is 0 Å². The van der Waals surface area contributed by atoms with Gasteiger partial charge < -0.3 is 4.74 Å². The van der Waals surface area contributed by atoms with E-state index in [1.54, 1.807) is 18.2 Å². The maximum absolute atomic E-state index is 12.7. The molecule has 1 aliphatic heterocycles. The van der Waals surface area contributed by atoms with Crippen LogP contribution in [-0.2, 0) is 16.2 Å². The lowest BCUT2D eigenvalue weighted by molar-refractivity contribution is -0.117. The number of nitrogens with zero attached hydrogens (tertiary/aromatic N) is 1. The Morgan fingerprint density at radius 3 is 2.28 bits per heavy atom. The number of nitrogens with one attached hydrogen (secondary N) is 1. The van der Waals surface area contributed by atoms with Gasteiger partial charge in [0, 0.05) is 0 Å². The van der Waals surface area contributed by atoms with Crippen molar-refractivity contribution in [1.29, 1.82) is 0 Å². The lowest BCUT2D eigenvalue weighted by Gasteiger charge is -2.14. The predicted molar refractivity (Wildman–Crippen MR) is 112 cm³/mol. The number of hydrogen-bond acceptors (Lipinski definition) is 3. The van der Waals surface area contributed by atoms with Crippen molar-refractivity contribution in [3.63, 3.8) is 0 Å². The highest BCUT2D eigenvalue weighted by Crippen LogP contribution is 2.23. The van der Waals surface area contributed by atoms with Gasteiger partial charge in [-0.05, 0) is 48.4 Å². The number of benzene rings is 3. The van der Waals surface area contributed by atoms with Crippen LogP contribution in [0, 0.1) is 6.92 Å². The molecule has 0 saturated carbocycles. The third-order valence-corrected chi connectivity index (χ3v) is 4.62. The van der Waals surface area contributed by atoms with E-state index in [4.69, 9.17) is 4.74 Å². The molecule has 0 radical (unpaired) electrons. The van der Waals surface area contributed by atoms with E-state index in [-0.39, 0.29) is 11.5 Å². The fourth-order valence-corrected chi connectivity index (χ4v) is 3.00. The smallest absolute Gasteiger partial charge is 0.282 e. The first kappa shape index (κ1) is 18.5. The number of ether oxygens (including phenoxy) is 1. The van der Waals surface area contributed by atoms with Crippen molar-refractivity contribution in [2.45, 2.75) is 13.5 Å². The fourth-order valence-electron chi connectivity index (χ4n) is 3.00. The van der Waals surface area contributed by atoms with Crippen LogP contribution in [0.25, 0.3) is 6.08 Å². The fraction of sp³-hybridized carbons (Fsp3) is 0.0833. The summed E-state index contributed by atoms with van der Waals surface area (Å²) >= 11 is 0. The predicted octanol–water partition coefficient (Wildman–Crippen LogP) is 4.04. The Hall–Kier alpha value is -3.86. The minimum Gasteiger partial charge on any atom is -0.489 e. The Morgan fingerprint density at radius 1 is 0.897 bits per heavy atom. The molecule has 3 aromatic rings. The average molecular weight is 384 g/mol. The van der Waals surface area contributed by atoms with Crippen molar-refractivity contribution in [3.05, 3.63) is 101 Å². The highest BCUT2D eigenvalue weighted by atomic mass is 16.5. The van der Waals surface area contributed by atoms with Gasteiger partial charge in [0.15, 0.2) is 0 Å². The molecule has 5 heteroatoms. The molecule has 0 unspecified atom stereocenters. The molecule has 0 bridgehead atoms. The lowest BCUT2D eigenvalue weighted by Crippen LogP contribution is -2.35. The van der Waals surface area contributed by atoms with Crippen LogP contribution in [0.3, 0.4) is 0 Å². The molecule has 1 heterocycles. The van der Waals surface area contributed by atoms with Gasteiger partial charge in [-0.25, -0.2) is 5.01 Å². The third-order valence-electron chi connectivity index (χ3n) is 4.62. The van der Waals surface area contributed by atoms with Crippen LogP contribution in [0.5, 0.6) is 5.75 Å². The van der Waals surface area contributed by atoms with Crippen LogP contribution in [0.15, 0.2) is 84.4 Å². The van der Waals surface area contributed by atoms with Crippen LogP contribution in [0.1, 0.15) is 16.7 Å². The molecule has 3 aromatic carbocycles. The van der Waals surface area contributed by atoms with Crippen molar-refractivity contribution in [1.82, 2.24) is 5.43 Å². The van der Waals surface area contributed by atoms with E-state index in [9.17, 15) is 9.59 Å². The lowest BCUT2D eigenvalue weighted by atomic mass is 10.1. The van der Waals surface area contributed by atoms with Crippen LogP contribution in [0.2, 0.25) is 0 Å². The van der Waals surface area contributed by atoms with Crippen molar-refractivity contribution in [2.75, 3.05) is 5.01 Å². The second-order valence-electron chi connectivity index (χ2n) is 6.82. The van der Waals surface area contributed by atoms with E-state index in [2.05, 4.69) is 5.43 Å². The molecule has 1 N–H and O–H groups in total. The van der Waals surface area contributed by atoms with Gasteiger partial charge in [-0.15, -0.1) is 0 Å². The summed E-state index contributed by atoms with van der Waals surface area (Å²) in [7, 11) is 0. The minimum absolute atomic E-state index is 0.100. The molecule has 1 aliphatic rings. The van der Waals surface area contributed by atoms with E-state index in [0.29, 0.717) is 12.3 Å². The van der Waals surface area contributed by atoms with Crippen LogP contribution in [-0.4, -0.2) is 11.8 Å². The number of hydrogen-bond donors (Lipinski definition) is 1. The third kappa shape index (κ3) is 4.19. The van der Waals surface area contributed by atoms with Crippen molar-refractivity contribution < 1.29 is 14.3 Å². The highest BCUT2D eigenvalue weighted by molar-refractivity contribution is 6.31. The van der Waals surface area contributed by atoms with Gasteiger partial charge in [0.25, 0.3) is 11.8 Å². The summed E-state index contributed by atoms with van der Waals surface area (Å²) in [5.41, 5.74) is 6.26. The molecule has 0 spiro atoms. The molecule has 29 heavy (non-hydrogen) atoms. The summed E-state index contributed by atoms with van der Waals surface area (Å²) in [6.07, 6.45) is 1.59. The van der Waals surface area contributed by atoms with Crippen LogP contribution >= 0.6 is 0 Å². The molecule has 1 fully saturated rings. The largest absolute Gasteiger partial charge is 0.489 e. The van der Waals surface area contributed by atoms with Gasteiger partial charge in [-0.3, -0.25) is 15.0 Å². The molecule has 0 atom stereocenters. The van der Waals surface area contributed by atoms with Gasteiger partial charge in [0.2, 0.25) is 0 Å². The zero-order valence-corrected chi connectivity index (χ0v) is 16.0. The molecule has 4 rings (SSSR count). The van der Waals surface area contributed by atoms with Crippen LogP contribution in [0.4, 0.5) is 5.69 Å². The maximum Gasteiger partial charge on any atom is 0.282 e. The Balaban J connectivity index is 1.46. The van der Waals surface area contributed by atoms with E-state index in [0.717, 1.165) is 22.4 Å². The van der Waals surface area contributed by atoms with E-state index in [1.807, 2.05) is 73.7 Å². The summed E-state index contributed by atoms with van der Waals surface area (Å²) in [6, 6.07) is 24.6.